The second kappa shape index (κ2) is 9.64. The van der Waals surface area contributed by atoms with Crippen molar-refractivity contribution in [2.24, 2.45) is 5.92 Å². The minimum atomic E-state index is -0.480. The maximum Gasteiger partial charge on any atom is 0.0945 e. The number of hydrogen-bond donors (Lipinski definition) is 2. The van der Waals surface area contributed by atoms with Crippen LogP contribution in [0.15, 0.2) is 24.3 Å². The van der Waals surface area contributed by atoms with Crippen LogP contribution in [0.2, 0.25) is 0 Å². The summed E-state index contributed by atoms with van der Waals surface area (Å²) in [6.45, 7) is 12.1. The number of aliphatic hydroxyl groups excluding tert-OH is 1. The number of nitrogens with zero attached hydrogens (tertiary/aromatic N) is 1. The molecule has 0 saturated heterocycles. The summed E-state index contributed by atoms with van der Waals surface area (Å²) in [7, 11) is 0. The van der Waals surface area contributed by atoms with E-state index in [1.165, 1.54) is 5.69 Å². The first-order valence-corrected chi connectivity index (χ1v) is 7.91. The number of anilines is 2. The van der Waals surface area contributed by atoms with Crippen LogP contribution in [0.3, 0.4) is 0 Å². The standard InChI is InChI=1S/C17H30N2O2/c1-5-19(6-2)16-9-7-15(8-10-16)18-11-17(20)13-21-12-14(3)4/h7-10,14,17-18,20H,5-6,11-13H2,1-4H3. The first-order chi connectivity index (χ1) is 10.1. The smallest absolute Gasteiger partial charge is 0.0945 e. The lowest BCUT2D eigenvalue weighted by atomic mass is 10.2. The number of rotatable bonds is 10. The van der Waals surface area contributed by atoms with E-state index in [1.54, 1.807) is 0 Å². The van der Waals surface area contributed by atoms with E-state index in [-0.39, 0.29) is 0 Å². The monoisotopic (exact) mass is 294 g/mol. The molecule has 0 spiro atoms. The zero-order valence-electron chi connectivity index (χ0n) is 13.8. The van der Waals surface area contributed by atoms with Gasteiger partial charge in [0, 0.05) is 37.6 Å². The third-order valence-corrected chi connectivity index (χ3v) is 3.30. The highest BCUT2D eigenvalue weighted by Crippen LogP contribution is 2.17. The predicted molar refractivity (Wildman–Crippen MR) is 90.2 cm³/mol. The highest BCUT2D eigenvalue weighted by Gasteiger charge is 2.06. The first kappa shape index (κ1) is 17.8. The lowest BCUT2D eigenvalue weighted by Crippen LogP contribution is -2.25. The fourth-order valence-corrected chi connectivity index (χ4v) is 2.11. The van der Waals surface area contributed by atoms with Crippen LogP contribution in [0.25, 0.3) is 0 Å². The van der Waals surface area contributed by atoms with Gasteiger partial charge in [-0.1, -0.05) is 13.8 Å². The average Bonchev–Trinajstić information content (AvgIpc) is 2.47. The Bertz CT molecular complexity index is 375. The van der Waals surface area contributed by atoms with Gasteiger partial charge in [-0.2, -0.15) is 0 Å². The third kappa shape index (κ3) is 6.82. The molecule has 0 bridgehead atoms. The molecule has 1 unspecified atom stereocenters. The molecule has 0 fully saturated rings. The van der Waals surface area contributed by atoms with Crippen molar-refractivity contribution in [3.05, 3.63) is 24.3 Å². The van der Waals surface area contributed by atoms with Crippen molar-refractivity contribution in [2.75, 3.05) is 43.1 Å². The predicted octanol–water partition coefficient (Wildman–Crippen LogP) is 2.98. The number of ether oxygens (including phenoxy) is 1. The molecule has 2 N–H and O–H groups in total. The Morgan fingerprint density at radius 1 is 1.10 bits per heavy atom. The zero-order valence-corrected chi connectivity index (χ0v) is 13.8. The Morgan fingerprint density at radius 2 is 1.71 bits per heavy atom. The molecule has 21 heavy (non-hydrogen) atoms. The number of nitrogens with one attached hydrogen (secondary N) is 1. The molecule has 0 radical (unpaired) electrons. The summed E-state index contributed by atoms with van der Waals surface area (Å²) in [4.78, 5) is 2.30. The van der Waals surface area contributed by atoms with Gasteiger partial charge < -0.3 is 20.1 Å². The molecule has 120 valence electrons. The van der Waals surface area contributed by atoms with Crippen molar-refractivity contribution >= 4 is 11.4 Å². The molecular formula is C17H30N2O2. The highest BCUT2D eigenvalue weighted by molar-refractivity contribution is 5.55. The van der Waals surface area contributed by atoms with E-state index in [4.69, 9.17) is 4.74 Å². The molecule has 0 aliphatic rings. The molecule has 4 heteroatoms. The van der Waals surface area contributed by atoms with Gasteiger partial charge in [0.25, 0.3) is 0 Å². The lowest BCUT2D eigenvalue weighted by Gasteiger charge is -2.21. The molecule has 0 aliphatic carbocycles. The van der Waals surface area contributed by atoms with E-state index >= 15 is 0 Å². The highest BCUT2D eigenvalue weighted by atomic mass is 16.5. The summed E-state index contributed by atoms with van der Waals surface area (Å²) >= 11 is 0. The fraction of sp³-hybridized carbons (Fsp3) is 0.647. The van der Waals surface area contributed by atoms with Crippen LogP contribution in [0.5, 0.6) is 0 Å². The van der Waals surface area contributed by atoms with Crippen molar-refractivity contribution in [2.45, 2.75) is 33.8 Å². The summed E-state index contributed by atoms with van der Waals surface area (Å²) in [6.07, 6.45) is -0.480. The lowest BCUT2D eigenvalue weighted by molar-refractivity contribution is 0.0318. The molecule has 4 nitrogen and oxygen atoms in total. The van der Waals surface area contributed by atoms with Gasteiger partial charge in [0.05, 0.1) is 12.7 Å². The minimum absolute atomic E-state index is 0.378. The van der Waals surface area contributed by atoms with Crippen LogP contribution >= 0.6 is 0 Å². The van der Waals surface area contributed by atoms with E-state index in [0.717, 1.165) is 18.8 Å². The molecular weight excluding hydrogens is 264 g/mol. The van der Waals surface area contributed by atoms with Crippen LogP contribution in [0.1, 0.15) is 27.7 Å². The summed E-state index contributed by atoms with van der Waals surface area (Å²) in [5, 5.41) is 13.1. The number of benzene rings is 1. The zero-order chi connectivity index (χ0) is 15.7. The Kier molecular flexibility index (Phi) is 8.16. The maximum absolute atomic E-state index is 9.85. The summed E-state index contributed by atoms with van der Waals surface area (Å²) in [5.41, 5.74) is 2.25. The normalized spacial score (nSPS) is 12.5. The molecule has 0 aliphatic heterocycles. The molecule has 1 aromatic rings. The number of hydrogen-bond acceptors (Lipinski definition) is 4. The Balaban J connectivity index is 2.35. The third-order valence-electron chi connectivity index (χ3n) is 3.30. The van der Waals surface area contributed by atoms with Gasteiger partial charge in [-0.05, 0) is 44.0 Å². The molecule has 0 saturated carbocycles. The van der Waals surface area contributed by atoms with Gasteiger partial charge in [-0.3, -0.25) is 0 Å². The van der Waals surface area contributed by atoms with E-state index in [9.17, 15) is 5.11 Å². The van der Waals surface area contributed by atoms with Crippen LogP contribution in [-0.2, 0) is 4.74 Å². The molecule has 0 heterocycles. The quantitative estimate of drug-likeness (QED) is 0.696. The van der Waals surface area contributed by atoms with E-state index in [2.05, 4.69) is 62.2 Å². The van der Waals surface area contributed by atoms with E-state index in [0.29, 0.717) is 25.7 Å². The van der Waals surface area contributed by atoms with Gasteiger partial charge in [-0.25, -0.2) is 0 Å². The topological polar surface area (TPSA) is 44.7 Å². The van der Waals surface area contributed by atoms with Crippen molar-refractivity contribution in [1.29, 1.82) is 0 Å². The van der Waals surface area contributed by atoms with Gasteiger partial charge in [0.1, 0.15) is 0 Å². The van der Waals surface area contributed by atoms with Crippen LogP contribution < -0.4 is 10.2 Å². The number of aliphatic hydroxyl groups is 1. The van der Waals surface area contributed by atoms with Crippen molar-refractivity contribution in [3.63, 3.8) is 0 Å². The summed E-state index contributed by atoms with van der Waals surface area (Å²) < 4.78 is 5.43. The summed E-state index contributed by atoms with van der Waals surface area (Å²) in [6, 6.07) is 8.32. The van der Waals surface area contributed by atoms with Crippen molar-refractivity contribution in [3.8, 4) is 0 Å². The van der Waals surface area contributed by atoms with Gasteiger partial charge in [-0.15, -0.1) is 0 Å². The molecule has 1 rings (SSSR count). The summed E-state index contributed by atoms with van der Waals surface area (Å²) in [5.74, 6) is 0.498. The van der Waals surface area contributed by atoms with Gasteiger partial charge in [0.15, 0.2) is 0 Å². The second-order valence-electron chi connectivity index (χ2n) is 5.69. The Hall–Kier alpha value is -1.26. The Morgan fingerprint density at radius 3 is 2.24 bits per heavy atom. The average molecular weight is 294 g/mol. The largest absolute Gasteiger partial charge is 0.389 e. The fourth-order valence-electron chi connectivity index (χ4n) is 2.11. The van der Waals surface area contributed by atoms with Crippen LogP contribution in [0, 0.1) is 5.92 Å². The van der Waals surface area contributed by atoms with Crippen LogP contribution in [-0.4, -0.2) is 44.1 Å². The van der Waals surface area contributed by atoms with Crippen LogP contribution in [0.4, 0.5) is 11.4 Å². The maximum atomic E-state index is 9.85. The first-order valence-electron chi connectivity index (χ1n) is 7.91. The Labute approximate surface area is 129 Å². The van der Waals surface area contributed by atoms with E-state index in [1.807, 2.05) is 0 Å². The SMILES string of the molecule is CCN(CC)c1ccc(NCC(O)COCC(C)C)cc1. The van der Waals surface area contributed by atoms with Crippen molar-refractivity contribution in [1.82, 2.24) is 0 Å². The van der Waals surface area contributed by atoms with E-state index < -0.39 is 6.10 Å². The molecule has 1 aromatic carbocycles. The minimum Gasteiger partial charge on any atom is -0.389 e. The van der Waals surface area contributed by atoms with Crippen molar-refractivity contribution < 1.29 is 9.84 Å². The molecule has 1 atom stereocenters. The van der Waals surface area contributed by atoms with Gasteiger partial charge >= 0.3 is 0 Å². The molecule has 0 amide bonds. The second-order valence-corrected chi connectivity index (χ2v) is 5.69. The van der Waals surface area contributed by atoms with Gasteiger partial charge in [0.2, 0.25) is 0 Å². The molecule has 0 aromatic heterocycles.